The molecule has 108 valence electrons. The number of anilines is 1. The maximum Gasteiger partial charge on any atom is 0.256 e. The molecular weight excluding hydrogens is 262 g/mol. The first-order valence-corrected chi connectivity index (χ1v) is 7.15. The fourth-order valence-electron chi connectivity index (χ4n) is 2.83. The molecule has 1 aliphatic rings. The molecule has 0 atom stereocenters. The summed E-state index contributed by atoms with van der Waals surface area (Å²) in [5, 5.41) is 0. The topological polar surface area (TPSA) is 59.2 Å². The van der Waals surface area contributed by atoms with Gasteiger partial charge in [0.25, 0.3) is 5.91 Å². The summed E-state index contributed by atoms with van der Waals surface area (Å²) in [7, 11) is 0. The first-order valence-electron chi connectivity index (χ1n) is 7.15. The molecule has 3 rings (SSSR count). The summed E-state index contributed by atoms with van der Waals surface area (Å²) in [4.78, 5) is 18.9. The molecule has 21 heavy (non-hydrogen) atoms. The third-order valence-electron chi connectivity index (χ3n) is 3.99. The van der Waals surface area contributed by atoms with Gasteiger partial charge >= 0.3 is 0 Å². The molecule has 0 saturated carbocycles. The highest BCUT2D eigenvalue weighted by Crippen LogP contribution is 2.23. The summed E-state index contributed by atoms with van der Waals surface area (Å²) < 4.78 is 0. The first kappa shape index (κ1) is 13.6. The van der Waals surface area contributed by atoms with Crippen molar-refractivity contribution in [1.82, 2.24) is 9.88 Å². The number of rotatable bonds is 1. The Morgan fingerprint density at radius 3 is 2.76 bits per heavy atom. The molecule has 2 N–H and O–H groups in total. The lowest BCUT2D eigenvalue weighted by molar-refractivity contribution is 0.0733. The lowest BCUT2D eigenvalue weighted by atomic mass is 9.98. The molecule has 0 unspecified atom stereocenters. The van der Waals surface area contributed by atoms with E-state index in [9.17, 15) is 4.79 Å². The first-order chi connectivity index (χ1) is 10.0. The van der Waals surface area contributed by atoms with E-state index < -0.39 is 0 Å². The minimum Gasteiger partial charge on any atom is -0.399 e. The zero-order valence-corrected chi connectivity index (χ0v) is 12.4. The second-order valence-corrected chi connectivity index (χ2v) is 5.59. The van der Waals surface area contributed by atoms with Crippen LogP contribution in [0.2, 0.25) is 0 Å². The molecule has 0 bridgehead atoms. The molecule has 0 fully saturated rings. The predicted molar refractivity (Wildman–Crippen MR) is 83.0 cm³/mol. The van der Waals surface area contributed by atoms with E-state index in [0.29, 0.717) is 12.1 Å². The van der Waals surface area contributed by atoms with Crippen LogP contribution in [0, 0.1) is 13.8 Å². The number of fused-ring (bicyclic) bond motifs is 1. The zero-order chi connectivity index (χ0) is 15.0. The summed E-state index contributed by atoms with van der Waals surface area (Å²) in [6, 6.07) is 9.70. The second-order valence-electron chi connectivity index (χ2n) is 5.59. The van der Waals surface area contributed by atoms with Crippen molar-refractivity contribution in [1.29, 1.82) is 0 Å². The Balaban J connectivity index is 1.87. The van der Waals surface area contributed by atoms with Gasteiger partial charge in [0.15, 0.2) is 0 Å². The summed E-state index contributed by atoms with van der Waals surface area (Å²) in [5.41, 5.74) is 11.4. The van der Waals surface area contributed by atoms with E-state index in [1.807, 2.05) is 43.0 Å². The maximum absolute atomic E-state index is 12.7. The highest BCUT2D eigenvalue weighted by Gasteiger charge is 2.23. The van der Waals surface area contributed by atoms with Crippen LogP contribution < -0.4 is 5.73 Å². The standard InChI is InChI=1S/C17H19N3O/c1-11-3-6-16(12(2)19-11)17(21)20-8-7-13-4-5-15(18)9-14(13)10-20/h3-6,9H,7-8,10,18H2,1-2H3. The van der Waals surface area contributed by atoms with Gasteiger partial charge in [0.2, 0.25) is 0 Å². The van der Waals surface area contributed by atoms with Gasteiger partial charge in [0.1, 0.15) is 0 Å². The number of nitrogens with two attached hydrogens (primary N) is 1. The van der Waals surface area contributed by atoms with Crippen molar-refractivity contribution in [3.05, 3.63) is 58.4 Å². The van der Waals surface area contributed by atoms with Gasteiger partial charge in [-0.1, -0.05) is 6.07 Å². The molecule has 0 spiro atoms. The van der Waals surface area contributed by atoms with Gasteiger partial charge < -0.3 is 10.6 Å². The third kappa shape index (κ3) is 2.61. The van der Waals surface area contributed by atoms with Crippen molar-refractivity contribution in [3.8, 4) is 0 Å². The third-order valence-corrected chi connectivity index (χ3v) is 3.99. The Labute approximate surface area is 124 Å². The molecule has 4 nitrogen and oxygen atoms in total. The normalized spacial score (nSPS) is 13.9. The lowest BCUT2D eigenvalue weighted by Gasteiger charge is -2.29. The number of pyridine rings is 1. The van der Waals surface area contributed by atoms with Gasteiger partial charge in [0, 0.05) is 24.5 Å². The molecular formula is C17H19N3O. The number of aromatic nitrogens is 1. The smallest absolute Gasteiger partial charge is 0.256 e. The number of nitrogens with zero attached hydrogens (tertiary/aromatic N) is 2. The predicted octanol–water partition coefficient (Wildman–Crippen LogP) is 2.48. The fraction of sp³-hybridized carbons (Fsp3) is 0.294. The largest absolute Gasteiger partial charge is 0.399 e. The molecule has 4 heteroatoms. The quantitative estimate of drug-likeness (QED) is 0.817. The van der Waals surface area contributed by atoms with Crippen LogP contribution >= 0.6 is 0 Å². The van der Waals surface area contributed by atoms with Crippen LogP contribution in [-0.2, 0) is 13.0 Å². The number of amides is 1. The van der Waals surface area contributed by atoms with Crippen molar-refractivity contribution in [3.63, 3.8) is 0 Å². The fourth-order valence-corrected chi connectivity index (χ4v) is 2.83. The average Bonchev–Trinajstić information content (AvgIpc) is 2.46. The van der Waals surface area contributed by atoms with E-state index in [-0.39, 0.29) is 5.91 Å². The molecule has 1 amide bonds. The van der Waals surface area contributed by atoms with Gasteiger partial charge in [-0.3, -0.25) is 9.78 Å². The van der Waals surface area contributed by atoms with Gasteiger partial charge in [-0.15, -0.1) is 0 Å². The highest BCUT2D eigenvalue weighted by molar-refractivity contribution is 5.95. The van der Waals surface area contributed by atoms with Crippen LogP contribution in [0.25, 0.3) is 0 Å². The molecule has 1 aliphatic heterocycles. The Bertz CT molecular complexity index is 709. The Kier molecular flexibility index (Phi) is 3.37. The van der Waals surface area contributed by atoms with Crippen LogP contribution in [0.15, 0.2) is 30.3 Å². The van der Waals surface area contributed by atoms with Gasteiger partial charge in [-0.05, 0) is 55.7 Å². The molecule has 1 aromatic carbocycles. The van der Waals surface area contributed by atoms with Crippen LogP contribution in [-0.4, -0.2) is 22.3 Å². The number of aryl methyl sites for hydroxylation is 2. The average molecular weight is 281 g/mol. The van der Waals surface area contributed by atoms with Crippen LogP contribution in [0.3, 0.4) is 0 Å². The number of carbonyl (C=O) groups excluding carboxylic acids is 1. The summed E-state index contributed by atoms with van der Waals surface area (Å²) in [5.74, 6) is 0.0491. The molecule has 0 saturated heterocycles. The van der Waals surface area contributed by atoms with E-state index in [0.717, 1.165) is 35.6 Å². The molecule has 2 heterocycles. The SMILES string of the molecule is Cc1ccc(C(=O)N2CCc3ccc(N)cc3C2)c(C)n1. The summed E-state index contributed by atoms with van der Waals surface area (Å²) >= 11 is 0. The van der Waals surface area contributed by atoms with E-state index in [1.165, 1.54) is 5.56 Å². The van der Waals surface area contributed by atoms with Gasteiger partial charge in [-0.25, -0.2) is 0 Å². The minimum atomic E-state index is 0.0491. The van der Waals surface area contributed by atoms with E-state index in [4.69, 9.17) is 5.73 Å². The zero-order valence-electron chi connectivity index (χ0n) is 12.4. The maximum atomic E-state index is 12.7. The van der Waals surface area contributed by atoms with E-state index in [1.54, 1.807) is 0 Å². The lowest BCUT2D eigenvalue weighted by Crippen LogP contribution is -2.36. The van der Waals surface area contributed by atoms with E-state index >= 15 is 0 Å². The Morgan fingerprint density at radius 2 is 2.00 bits per heavy atom. The highest BCUT2D eigenvalue weighted by atomic mass is 16.2. The number of carbonyl (C=O) groups is 1. The van der Waals surface area contributed by atoms with Crippen molar-refractivity contribution in [2.45, 2.75) is 26.8 Å². The van der Waals surface area contributed by atoms with Crippen molar-refractivity contribution >= 4 is 11.6 Å². The van der Waals surface area contributed by atoms with Crippen LogP contribution in [0.4, 0.5) is 5.69 Å². The second kappa shape index (κ2) is 5.20. The molecule has 0 aliphatic carbocycles. The van der Waals surface area contributed by atoms with Crippen LogP contribution in [0.1, 0.15) is 32.9 Å². The Hall–Kier alpha value is -2.36. The van der Waals surface area contributed by atoms with Gasteiger partial charge in [-0.2, -0.15) is 0 Å². The van der Waals surface area contributed by atoms with Crippen molar-refractivity contribution in [2.75, 3.05) is 12.3 Å². The molecule has 2 aromatic rings. The number of benzene rings is 1. The number of hydrogen-bond donors (Lipinski definition) is 1. The number of nitrogen functional groups attached to an aromatic ring is 1. The van der Waals surface area contributed by atoms with E-state index in [2.05, 4.69) is 11.1 Å². The van der Waals surface area contributed by atoms with Crippen molar-refractivity contribution < 1.29 is 4.79 Å². The summed E-state index contributed by atoms with van der Waals surface area (Å²) in [6.45, 7) is 5.17. The van der Waals surface area contributed by atoms with Crippen LogP contribution in [0.5, 0.6) is 0 Å². The monoisotopic (exact) mass is 281 g/mol. The molecule has 0 radical (unpaired) electrons. The Morgan fingerprint density at radius 1 is 1.19 bits per heavy atom. The van der Waals surface area contributed by atoms with Gasteiger partial charge in [0.05, 0.1) is 11.3 Å². The van der Waals surface area contributed by atoms with Crippen molar-refractivity contribution in [2.24, 2.45) is 0 Å². The number of hydrogen-bond acceptors (Lipinski definition) is 3. The minimum absolute atomic E-state index is 0.0491. The summed E-state index contributed by atoms with van der Waals surface area (Å²) in [6.07, 6.45) is 0.875. The molecule has 1 aromatic heterocycles.